The fourth-order valence-corrected chi connectivity index (χ4v) is 3.22. The maximum Gasteiger partial charge on any atom is 0.416 e. The predicted octanol–water partition coefficient (Wildman–Crippen LogP) is 4.52. The molecule has 0 unspecified atom stereocenters. The lowest BCUT2D eigenvalue weighted by molar-refractivity contribution is -0.143. The average Bonchev–Trinajstić information content (AvgIpc) is 3.11. The summed E-state index contributed by atoms with van der Waals surface area (Å²) in [5.74, 6) is -2.67. The van der Waals surface area contributed by atoms with Crippen molar-refractivity contribution in [1.29, 1.82) is 0 Å². The van der Waals surface area contributed by atoms with E-state index in [4.69, 9.17) is 5.73 Å². The van der Waals surface area contributed by atoms with Gasteiger partial charge in [0.05, 0.1) is 23.9 Å². The summed E-state index contributed by atoms with van der Waals surface area (Å²) in [6, 6.07) is 8.84. The van der Waals surface area contributed by atoms with E-state index in [1.807, 2.05) is 0 Å². The summed E-state index contributed by atoms with van der Waals surface area (Å²) in [7, 11) is 1.04. The number of carbonyl (C=O) groups is 2. The Bertz CT molecular complexity index is 1170. The highest BCUT2D eigenvalue weighted by atomic mass is 19.4. The highest BCUT2D eigenvalue weighted by Crippen LogP contribution is 2.37. The standard InChI is InChI=1S/C21H15F6N3O3/c1-33-19(32)15-16(12-5-3-2-4-6-12)30(18(29-15)17(28)31)10-11-7-13(20(22,23)24)9-14(8-11)21(25,26)27/h2-9H,10H2,1H3,(H2,28,31). The number of halogens is 6. The van der Waals surface area contributed by atoms with Gasteiger partial charge in [-0.25, -0.2) is 9.78 Å². The summed E-state index contributed by atoms with van der Waals surface area (Å²) >= 11 is 0. The van der Waals surface area contributed by atoms with Crippen molar-refractivity contribution in [2.45, 2.75) is 18.9 Å². The van der Waals surface area contributed by atoms with E-state index >= 15 is 0 Å². The van der Waals surface area contributed by atoms with E-state index in [-0.39, 0.29) is 17.5 Å². The smallest absolute Gasteiger partial charge is 0.416 e. The Morgan fingerprint density at radius 3 is 1.97 bits per heavy atom. The molecule has 0 saturated carbocycles. The molecule has 1 aromatic heterocycles. The Balaban J connectivity index is 2.28. The molecule has 1 amide bonds. The van der Waals surface area contributed by atoms with Gasteiger partial charge >= 0.3 is 18.3 Å². The van der Waals surface area contributed by atoms with Gasteiger partial charge in [-0.05, 0) is 23.8 Å². The monoisotopic (exact) mass is 471 g/mol. The molecule has 0 aliphatic carbocycles. The predicted molar refractivity (Wildman–Crippen MR) is 103 cm³/mol. The van der Waals surface area contributed by atoms with Gasteiger partial charge in [-0.3, -0.25) is 4.79 Å². The van der Waals surface area contributed by atoms with Gasteiger partial charge in [-0.15, -0.1) is 0 Å². The molecule has 0 saturated heterocycles. The van der Waals surface area contributed by atoms with E-state index in [1.54, 1.807) is 18.2 Å². The van der Waals surface area contributed by atoms with E-state index in [0.717, 1.165) is 11.7 Å². The molecule has 0 fully saturated rings. The van der Waals surface area contributed by atoms with Crippen LogP contribution in [0.25, 0.3) is 11.3 Å². The number of methoxy groups -OCH3 is 1. The first kappa shape index (κ1) is 23.8. The minimum absolute atomic E-state index is 0.00953. The fraction of sp³-hybridized carbons (Fsp3) is 0.190. The van der Waals surface area contributed by atoms with Crippen LogP contribution < -0.4 is 5.73 Å². The Morgan fingerprint density at radius 1 is 0.970 bits per heavy atom. The van der Waals surface area contributed by atoms with Crippen molar-refractivity contribution in [2.75, 3.05) is 7.11 Å². The van der Waals surface area contributed by atoms with Crippen LogP contribution in [0.3, 0.4) is 0 Å². The van der Waals surface area contributed by atoms with Crippen LogP contribution in [0.5, 0.6) is 0 Å². The summed E-state index contributed by atoms with van der Waals surface area (Å²) in [5, 5.41) is 0. The molecule has 0 aliphatic rings. The third kappa shape index (κ3) is 4.99. The Morgan fingerprint density at radius 2 is 1.52 bits per heavy atom. The van der Waals surface area contributed by atoms with Crippen LogP contribution >= 0.6 is 0 Å². The Labute approximate surface area is 182 Å². The highest BCUT2D eigenvalue weighted by molar-refractivity contribution is 5.98. The zero-order valence-electron chi connectivity index (χ0n) is 16.8. The molecule has 2 aromatic carbocycles. The number of benzene rings is 2. The van der Waals surface area contributed by atoms with Crippen LogP contribution in [0.15, 0.2) is 48.5 Å². The summed E-state index contributed by atoms with van der Waals surface area (Å²) < 4.78 is 85.2. The van der Waals surface area contributed by atoms with E-state index < -0.39 is 53.3 Å². The second-order valence-electron chi connectivity index (χ2n) is 6.85. The maximum absolute atomic E-state index is 13.3. The number of imidazole rings is 1. The number of carbonyl (C=O) groups excluding carboxylic acids is 2. The number of esters is 1. The second kappa shape index (κ2) is 8.60. The molecule has 2 N–H and O–H groups in total. The topological polar surface area (TPSA) is 87.2 Å². The lowest BCUT2D eigenvalue weighted by atomic mass is 10.0. The number of hydrogen-bond donors (Lipinski definition) is 1. The van der Waals surface area contributed by atoms with Gasteiger partial charge in [0.2, 0.25) is 0 Å². The zero-order chi connectivity index (χ0) is 24.6. The van der Waals surface area contributed by atoms with Gasteiger partial charge < -0.3 is 15.0 Å². The molecule has 0 aliphatic heterocycles. The average molecular weight is 471 g/mol. The molecule has 0 atom stereocenters. The first-order valence-corrected chi connectivity index (χ1v) is 9.15. The largest absolute Gasteiger partial charge is 0.464 e. The van der Waals surface area contributed by atoms with Crippen molar-refractivity contribution in [2.24, 2.45) is 5.73 Å². The van der Waals surface area contributed by atoms with Crippen LogP contribution in [-0.2, 0) is 23.6 Å². The minimum Gasteiger partial charge on any atom is -0.464 e. The fourth-order valence-electron chi connectivity index (χ4n) is 3.22. The molecule has 3 rings (SSSR count). The number of ether oxygens (including phenoxy) is 1. The maximum atomic E-state index is 13.3. The first-order chi connectivity index (χ1) is 15.3. The van der Waals surface area contributed by atoms with Gasteiger partial charge in [0.1, 0.15) is 0 Å². The van der Waals surface area contributed by atoms with Crippen LogP contribution in [0, 0.1) is 0 Å². The molecule has 12 heteroatoms. The zero-order valence-corrected chi connectivity index (χ0v) is 16.8. The summed E-state index contributed by atoms with van der Waals surface area (Å²) in [5.41, 5.74) is 1.72. The molecule has 33 heavy (non-hydrogen) atoms. The van der Waals surface area contributed by atoms with E-state index in [0.29, 0.717) is 17.7 Å². The molecule has 0 spiro atoms. The van der Waals surface area contributed by atoms with Crippen LogP contribution in [0.1, 0.15) is 37.8 Å². The van der Waals surface area contributed by atoms with Crippen LogP contribution in [-0.4, -0.2) is 28.5 Å². The summed E-state index contributed by atoms with van der Waals surface area (Å²) in [6.07, 6.45) is -10.1. The van der Waals surface area contributed by atoms with Crippen molar-refractivity contribution < 1.29 is 40.7 Å². The van der Waals surface area contributed by atoms with Crippen LogP contribution in [0.2, 0.25) is 0 Å². The molecule has 1 heterocycles. The van der Waals surface area contributed by atoms with Crippen LogP contribution in [0.4, 0.5) is 26.3 Å². The summed E-state index contributed by atoms with van der Waals surface area (Å²) in [6.45, 7) is -0.667. The first-order valence-electron chi connectivity index (χ1n) is 9.15. The normalized spacial score (nSPS) is 12.0. The molecule has 0 radical (unpaired) electrons. The Kier molecular flexibility index (Phi) is 6.21. The van der Waals surface area contributed by atoms with Crippen molar-refractivity contribution in [3.05, 3.63) is 76.7 Å². The quantitative estimate of drug-likeness (QED) is 0.438. The van der Waals surface area contributed by atoms with Gasteiger partial charge in [0.25, 0.3) is 5.91 Å². The number of nitrogens with zero attached hydrogens (tertiary/aromatic N) is 2. The third-order valence-corrected chi connectivity index (χ3v) is 4.60. The molecule has 174 valence electrons. The molecule has 0 bridgehead atoms. The number of amides is 1. The number of hydrogen-bond acceptors (Lipinski definition) is 4. The molecular formula is C21H15F6N3O3. The van der Waals surface area contributed by atoms with Crippen molar-refractivity contribution in [3.63, 3.8) is 0 Å². The van der Waals surface area contributed by atoms with Crippen molar-refractivity contribution in [1.82, 2.24) is 9.55 Å². The highest BCUT2D eigenvalue weighted by Gasteiger charge is 2.37. The van der Waals surface area contributed by atoms with Gasteiger partial charge in [-0.1, -0.05) is 30.3 Å². The second-order valence-corrected chi connectivity index (χ2v) is 6.85. The third-order valence-electron chi connectivity index (χ3n) is 4.60. The molecular weight excluding hydrogens is 456 g/mol. The molecule has 6 nitrogen and oxygen atoms in total. The number of rotatable bonds is 5. The molecule has 3 aromatic rings. The Hall–Kier alpha value is -3.83. The van der Waals surface area contributed by atoms with Crippen molar-refractivity contribution >= 4 is 11.9 Å². The summed E-state index contributed by atoms with van der Waals surface area (Å²) in [4.78, 5) is 28.1. The van der Waals surface area contributed by atoms with Gasteiger partial charge in [0, 0.05) is 12.1 Å². The minimum atomic E-state index is -5.06. The number of primary amides is 1. The lowest BCUT2D eigenvalue weighted by Gasteiger charge is -2.16. The number of nitrogens with two attached hydrogens (primary N) is 1. The SMILES string of the molecule is COC(=O)c1nc(C(N)=O)n(Cc2cc(C(F)(F)F)cc(C(F)(F)F)c2)c1-c1ccccc1. The lowest BCUT2D eigenvalue weighted by Crippen LogP contribution is -2.20. The number of alkyl halides is 6. The van der Waals surface area contributed by atoms with Gasteiger partial charge in [-0.2, -0.15) is 26.3 Å². The van der Waals surface area contributed by atoms with Gasteiger partial charge in [0.15, 0.2) is 11.5 Å². The van der Waals surface area contributed by atoms with E-state index in [1.165, 1.54) is 12.1 Å². The van der Waals surface area contributed by atoms with E-state index in [2.05, 4.69) is 9.72 Å². The van der Waals surface area contributed by atoms with E-state index in [9.17, 15) is 35.9 Å². The van der Waals surface area contributed by atoms with Crippen molar-refractivity contribution in [3.8, 4) is 11.3 Å². The number of aromatic nitrogens is 2.